The van der Waals surface area contributed by atoms with E-state index in [0.717, 1.165) is 0 Å². The average Bonchev–Trinajstić information content (AvgIpc) is 1.98. The Kier molecular flexibility index (Phi) is 5.99. The van der Waals surface area contributed by atoms with Gasteiger partial charge in [0, 0.05) is 17.1 Å². The van der Waals surface area contributed by atoms with Gasteiger partial charge >= 0.3 is 0 Å². The summed E-state index contributed by atoms with van der Waals surface area (Å²) in [5.74, 6) is 0. The maximum atomic E-state index is 3.61. The molecule has 98 valence electrons. The fourth-order valence-corrected chi connectivity index (χ4v) is 1.78. The van der Waals surface area contributed by atoms with E-state index >= 15 is 0 Å². The highest BCUT2D eigenvalue weighted by atomic mass is 15.1. The number of rotatable bonds is 5. The molecule has 1 unspecified atom stereocenters. The number of nitrogens with one attached hydrogen (secondary N) is 1. The molecule has 0 heterocycles. The quantitative estimate of drug-likeness (QED) is 0.777. The Labute approximate surface area is 103 Å². The third-order valence-corrected chi connectivity index (χ3v) is 2.96. The second kappa shape index (κ2) is 6.02. The van der Waals surface area contributed by atoms with Gasteiger partial charge in [-0.15, -0.1) is 0 Å². The van der Waals surface area contributed by atoms with Crippen LogP contribution in [0.25, 0.3) is 0 Å². The Morgan fingerprint density at radius 2 is 1.56 bits per heavy atom. The fraction of sp³-hybridized carbons (Fsp3) is 1.00. The minimum Gasteiger partial charge on any atom is -0.310 e. The monoisotopic (exact) mass is 228 g/mol. The lowest BCUT2D eigenvalue weighted by Crippen LogP contribution is -2.43. The summed E-state index contributed by atoms with van der Waals surface area (Å²) in [6.07, 6.45) is 2.51. The summed E-state index contributed by atoms with van der Waals surface area (Å²) in [6, 6.07) is 0.605. The SMILES string of the molecule is CC(CCCN(C)C(C)(C)C)NC(C)(C)C. The van der Waals surface area contributed by atoms with Gasteiger partial charge in [-0.1, -0.05) is 0 Å². The number of hydrogen-bond donors (Lipinski definition) is 1. The van der Waals surface area contributed by atoms with Gasteiger partial charge in [0.05, 0.1) is 0 Å². The maximum Gasteiger partial charge on any atom is 0.0122 e. The largest absolute Gasteiger partial charge is 0.310 e. The van der Waals surface area contributed by atoms with Crippen molar-refractivity contribution in [2.24, 2.45) is 0 Å². The van der Waals surface area contributed by atoms with Crippen LogP contribution in [0.1, 0.15) is 61.3 Å². The molecule has 1 atom stereocenters. The first kappa shape index (κ1) is 15.9. The molecule has 0 amide bonds. The Balaban J connectivity index is 3.75. The zero-order chi connectivity index (χ0) is 13.0. The molecule has 2 heteroatoms. The third kappa shape index (κ3) is 8.12. The molecule has 0 aromatic rings. The molecule has 0 saturated carbocycles. The van der Waals surface area contributed by atoms with Gasteiger partial charge in [-0.05, 0) is 74.9 Å². The van der Waals surface area contributed by atoms with Crippen molar-refractivity contribution in [3.8, 4) is 0 Å². The van der Waals surface area contributed by atoms with Gasteiger partial charge in [0.2, 0.25) is 0 Å². The molecule has 0 fully saturated rings. The Bertz CT molecular complexity index is 186. The lowest BCUT2D eigenvalue weighted by atomic mass is 10.0. The first-order chi connectivity index (χ1) is 7.02. The zero-order valence-electron chi connectivity index (χ0n) is 12.6. The molecule has 0 saturated heterocycles. The van der Waals surface area contributed by atoms with Crippen molar-refractivity contribution in [1.82, 2.24) is 10.2 Å². The summed E-state index contributed by atoms with van der Waals surface area (Å²) in [6.45, 7) is 16.9. The molecule has 0 spiro atoms. The summed E-state index contributed by atoms with van der Waals surface area (Å²) in [7, 11) is 2.21. The van der Waals surface area contributed by atoms with E-state index in [0.29, 0.717) is 11.6 Å². The van der Waals surface area contributed by atoms with Crippen LogP contribution >= 0.6 is 0 Å². The molecule has 0 aliphatic heterocycles. The topological polar surface area (TPSA) is 15.3 Å². The molecule has 0 rings (SSSR count). The van der Waals surface area contributed by atoms with E-state index in [1.807, 2.05) is 0 Å². The molecule has 2 nitrogen and oxygen atoms in total. The van der Waals surface area contributed by atoms with Crippen molar-refractivity contribution in [1.29, 1.82) is 0 Å². The second-order valence-electron chi connectivity index (χ2n) is 7.03. The summed E-state index contributed by atoms with van der Waals surface area (Å²) < 4.78 is 0. The van der Waals surface area contributed by atoms with Crippen LogP contribution in [0.3, 0.4) is 0 Å². The predicted octanol–water partition coefficient (Wildman–Crippen LogP) is 3.27. The van der Waals surface area contributed by atoms with Crippen LogP contribution in [-0.4, -0.2) is 35.6 Å². The van der Waals surface area contributed by atoms with Crippen molar-refractivity contribution in [3.63, 3.8) is 0 Å². The number of nitrogens with zero attached hydrogens (tertiary/aromatic N) is 1. The van der Waals surface area contributed by atoms with Crippen molar-refractivity contribution in [2.75, 3.05) is 13.6 Å². The van der Waals surface area contributed by atoms with Crippen LogP contribution in [0.5, 0.6) is 0 Å². The van der Waals surface area contributed by atoms with E-state index in [1.165, 1.54) is 19.4 Å². The van der Waals surface area contributed by atoms with E-state index in [1.54, 1.807) is 0 Å². The molecule has 0 aliphatic carbocycles. The third-order valence-electron chi connectivity index (χ3n) is 2.96. The summed E-state index contributed by atoms with van der Waals surface area (Å²) in [4.78, 5) is 2.43. The first-order valence-electron chi connectivity index (χ1n) is 6.51. The van der Waals surface area contributed by atoms with E-state index in [2.05, 4.69) is 65.7 Å². The van der Waals surface area contributed by atoms with Gasteiger partial charge < -0.3 is 10.2 Å². The minimum atomic E-state index is 0.231. The van der Waals surface area contributed by atoms with E-state index in [9.17, 15) is 0 Å². The van der Waals surface area contributed by atoms with Crippen molar-refractivity contribution in [2.45, 2.75) is 78.4 Å². The van der Waals surface area contributed by atoms with Gasteiger partial charge in [-0.25, -0.2) is 0 Å². The lowest BCUT2D eigenvalue weighted by Gasteiger charge is -2.32. The molecule has 0 aromatic carbocycles. The Hall–Kier alpha value is -0.0800. The summed E-state index contributed by atoms with van der Waals surface area (Å²) >= 11 is 0. The molecule has 0 bridgehead atoms. The van der Waals surface area contributed by atoms with E-state index < -0.39 is 0 Å². The summed E-state index contributed by atoms with van der Waals surface area (Å²) in [5.41, 5.74) is 0.524. The molecular weight excluding hydrogens is 196 g/mol. The van der Waals surface area contributed by atoms with Crippen LogP contribution in [0.15, 0.2) is 0 Å². The van der Waals surface area contributed by atoms with Crippen molar-refractivity contribution < 1.29 is 0 Å². The Morgan fingerprint density at radius 3 is 1.94 bits per heavy atom. The first-order valence-corrected chi connectivity index (χ1v) is 6.51. The van der Waals surface area contributed by atoms with Gasteiger partial charge in [0.1, 0.15) is 0 Å². The zero-order valence-corrected chi connectivity index (χ0v) is 12.6. The second-order valence-corrected chi connectivity index (χ2v) is 7.03. The average molecular weight is 228 g/mol. The minimum absolute atomic E-state index is 0.231. The molecule has 0 radical (unpaired) electrons. The van der Waals surface area contributed by atoms with Gasteiger partial charge in [-0.3, -0.25) is 0 Å². The normalized spacial score (nSPS) is 15.6. The molecule has 1 N–H and O–H groups in total. The standard InChI is InChI=1S/C14H32N2/c1-12(15-13(2,3)4)10-9-11-16(8)14(5,6)7/h12,15H,9-11H2,1-8H3. The lowest BCUT2D eigenvalue weighted by molar-refractivity contribution is 0.170. The molecule has 0 aromatic heterocycles. The van der Waals surface area contributed by atoms with Gasteiger partial charge in [0.25, 0.3) is 0 Å². The van der Waals surface area contributed by atoms with Crippen LogP contribution in [0, 0.1) is 0 Å². The van der Waals surface area contributed by atoms with E-state index in [4.69, 9.17) is 0 Å². The molecular formula is C14H32N2. The highest BCUT2D eigenvalue weighted by molar-refractivity contribution is 4.77. The van der Waals surface area contributed by atoms with E-state index in [-0.39, 0.29) is 5.54 Å². The predicted molar refractivity (Wildman–Crippen MR) is 74.0 cm³/mol. The van der Waals surface area contributed by atoms with Crippen LogP contribution < -0.4 is 5.32 Å². The fourth-order valence-electron chi connectivity index (χ4n) is 1.78. The maximum absolute atomic E-state index is 3.61. The van der Waals surface area contributed by atoms with Crippen molar-refractivity contribution in [3.05, 3.63) is 0 Å². The van der Waals surface area contributed by atoms with Gasteiger partial charge in [0.15, 0.2) is 0 Å². The molecule has 0 aliphatic rings. The highest BCUT2D eigenvalue weighted by Crippen LogP contribution is 2.12. The summed E-state index contributed by atoms with van der Waals surface area (Å²) in [5, 5.41) is 3.61. The van der Waals surface area contributed by atoms with Crippen LogP contribution in [0.2, 0.25) is 0 Å². The van der Waals surface area contributed by atoms with Crippen LogP contribution in [0.4, 0.5) is 0 Å². The van der Waals surface area contributed by atoms with Gasteiger partial charge in [-0.2, -0.15) is 0 Å². The Morgan fingerprint density at radius 1 is 1.06 bits per heavy atom. The van der Waals surface area contributed by atoms with Crippen molar-refractivity contribution >= 4 is 0 Å². The van der Waals surface area contributed by atoms with Crippen LogP contribution in [-0.2, 0) is 0 Å². The smallest absolute Gasteiger partial charge is 0.0122 e. The highest BCUT2D eigenvalue weighted by Gasteiger charge is 2.17. The number of hydrogen-bond acceptors (Lipinski definition) is 2. The molecule has 16 heavy (non-hydrogen) atoms.